The molecule has 0 atom stereocenters. The standard InChI is InChI=1S/C24H30N4O3S/c1-4-31-21-11-5-18(6-12-21)22(29)26-24(32)25-19-7-9-20(10-8-19)27-13-15-28(16-14-27)23(30)17(2)3/h5-12,17H,4,13-16H2,1-3H3,(H2,25,26,29,32). The lowest BCUT2D eigenvalue weighted by atomic mass is 10.1. The lowest BCUT2D eigenvalue weighted by Gasteiger charge is -2.37. The summed E-state index contributed by atoms with van der Waals surface area (Å²) >= 11 is 5.28. The number of carbonyl (C=O) groups is 2. The largest absolute Gasteiger partial charge is 0.494 e. The molecular formula is C24H30N4O3S. The van der Waals surface area contributed by atoms with Gasteiger partial charge in [0.15, 0.2) is 5.11 Å². The lowest BCUT2D eigenvalue weighted by Crippen LogP contribution is -2.49. The summed E-state index contributed by atoms with van der Waals surface area (Å²) in [5.41, 5.74) is 2.39. The molecule has 0 saturated carbocycles. The maximum atomic E-state index is 12.4. The Morgan fingerprint density at radius 3 is 2.19 bits per heavy atom. The van der Waals surface area contributed by atoms with Gasteiger partial charge in [0.2, 0.25) is 5.91 Å². The van der Waals surface area contributed by atoms with Gasteiger partial charge >= 0.3 is 0 Å². The first kappa shape index (κ1) is 23.5. The minimum atomic E-state index is -0.281. The summed E-state index contributed by atoms with van der Waals surface area (Å²) in [5.74, 6) is 0.685. The van der Waals surface area contributed by atoms with Crippen LogP contribution in [0.2, 0.25) is 0 Å². The number of anilines is 2. The highest BCUT2D eigenvalue weighted by Crippen LogP contribution is 2.20. The molecule has 0 spiro atoms. The number of carbonyl (C=O) groups excluding carboxylic acids is 2. The minimum Gasteiger partial charge on any atom is -0.494 e. The van der Waals surface area contributed by atoms with E-state index in [1.54, 1.807) is 24.3 Å². The highest BCUT2D eigenvalue weighted by atomic mass is 32.1. The van der Waals surface area contributed by atoms with E-state index in [-0.39, 0.29) is 22.8 Å². The number of hydrogen-bond donors (Lipinski definition) is 2. The summed E-state index contributed by atoms with van der Waals surface area (Å²) in [4.78, 5) is 28.7. The number of piperazine rings is 1. The normalized spacial score (nSPS) is 13.6. The van der Waals surface area contributed by atoms with Crippen LogP contribution in [0.15, 0.2) is 48.5 Å². The molecule has 0 bridgehead atoms. The Morgan fingerprint density at radius 1 is 1.00 bits per heavy atom. The first-order chi connectivity index (χ1) is 15.4. The molecule has 2 N–H and O–H groups in total. The second kappa shape index (κ2) is 10.9. The van der Waals surface area contributed by atoms with Crippen molar-refractivity contribution >= 4 is 40.5 Å². The third-order valence-electron chi connectivity index (χ3n) is 5.23. The first-order valence-electron chi connectivity index (χ1n) is 10.9. The van der Waals surface area contributed by atoms with Crippen LogP contribution in [0.5, 0.6) is 5.75 Å². The molecule has 8 heteroatoms. The number of hydrogen-bond acceptors (Lipinski definition) is 5. The van der Waals surface area contributed by atoms with Gasteiger partial charge < -0.3 is 19.9 Å². The van der Waals surface area contributed by atoms with Crippen LogP contribution in [0.3, 0.4) is 0 Å². The summed E-state index contributed by atoms with van der Waals surface area (Å²) < 4.78 is 5.39. The van der Waals surface area contributed by atoms with Gasteiger partial charge in [0.05, 0.1) is 6.61 Å². The fourth-order valence-corrected chi connectivity index (χ4v) is 3.72. The maximum absolute atomic E-state index is 12.4. The van der Waals surface area contributed by atoms with Gasteiger partial charge in [-0.05, 0) is 67.7 Å². The van der Waals surface area contributed by atoms with E-state index in [0.717, 1.165) is 43.3 Å². The monoisotopic (exact) mass is 454 g/mol. The van der Waals surface area contributed by atoms with Crippen molar-refractivity contribution < 1.29 is 14.3 Å². The zero-order valence-electron chi connectivity index (χ0n) is 18.8. The lowest BCUT2D eigenvalue weighted by molar-refractivity contribution is -0.134. The Morgan fingerprint density at radius 2 is 1.62 bits per heavy atom. The molecule has 32 heavy (non-hydrogen) atoms. The molecule has 2 aromatic carbocycles. The molecule has 0 radical (unpaired) electrons. The van der Waals surface area contributed by atoms with E-state index in [2.05, 4.69) is 15.5 Å². The number of nitrogens with one attached hydrogen (secondary N) is 2. The second-order valence-electron chi connectivity index (χ2n) is 7.88. The first-order valence-corrected chi connectivity index (χ1v) is 11.3. The van der Waals surface area contributed by atoms with Crippen molar-refractivity contribution in [2.75, 3.05) is 43.0 Å². The second-order valence-corrected chi connectivity index (χ2v) is 8.29. The molecule has 0 unspecified atom stereocenters. The van der Waals surface area contributed by atoms with Gasteiger partial charge in [-0.2, -0.15) is 0 Å². The minimum absolute atomic E-state index is 0.0330. The highest BCUT2D eigenvalue weighted by molar-refractivity contribution is 7.80. The zero-order valence-corrected chi connectivity index (χ0v) is 19.6. The summed E-state index contributed by atoms with van der Waals surface area (Å²) in [6.07, 6.45) is 0. The molecule has 2 amide bonds. The van der Waals surface area contributed by atoms with Crippen LogP contribution in [0.4, 0.5) is 11.4 Å². The van der Waals surface area contributed by atoms with Gasteiger partial charge in [0, 0.05) is 49.0 Å². The molecule has 1 aliphatic heterocycles. The van der Waals surface area contributed by atoms with Gasteiger partial charge in [0.25, 0.3) is 5.91 Å². The van der Waals surface area contributed by atoms with Crippen molar-refractivity contribution in [3.05, 3.63) is 54.1 Å². The predicted molar refractivity (Wildman–Crippen MR) is 131 cm³/mol. The Hall–Kier alpha value is -3.13. The van der Waals surface area contributed by atoms with Crippen molar-refractivity contribution in [1.82, 2.24) is 10.2 Å². The molecule has 1 heterocycles. The number of nitrogens with zero attached hydrogens (tertiary/aromatic N) is 2. The molecular weight excluding hydrogens is 424 g/mol. The SMILES string of the molecule is CCOc1ccc(C(=O)NC(=S)Nc2ccc(N3CCN(C(=O)C(C)C)CC3)cc2)cc1. The van der Waals surface area contributed by atoms with Crippen LogP contribution in [-0.4, -0.2) is 54.6 Å². The fourth-order valence-electron chi connectivity index (χ4n) is 3.51. The zero-order chi connectivity index (χ0) is 23.1. The van der Waals surface area contributed by atoms with Crippen molar-refractivity contribution in [1.29, 1.82) is 0 Å². The molecule has 170 valence electrons. The quantitative estimate of drug-likeness (QED) is 0.651. The van der Waals surface area contributed by atoms with Crippen LogP contribution in [0, 0.1) is 5.92 Å². The fraction of sp³-hybridized carbons (Fsp3) is 0.375. The third kappa shape index (κ3) is 6.20. The summed E-state index contributed by atoms with van der Waals surface area (Å²) in [7, 11) is 0. The van der Waals surface area contributed by atoms with Gasteiger partial charge in [-0.3, -0.25) is 14.9 Å². The van der Waals surface area contributed by atoms with E-state index in [0.29, 0.717) is 12.2 Å². The van der Waals surface area contributed by atoms with Crippen LogP contribution < -0.4 is 20.3 Å². The number of ether oxygens (including phenoxy) is 1. The summed E-state index contributed by atoms with van der Waals surface area (Å²) in [6.45, 7) is 9.44. The van der Waals surface area contributed by atoms with E-state index >= 15 is 0 Å². The Balaban J connectivity index is 1.49. The van der Waals surface area contributed by atoms with E-state index < -0.39 is 0 Å². The maximum Gasteiger partial charge on any atom is 0.257 e. The van der Waals surface area contributed by atoms with Crippen molar-refractivity contribution in [2.24, 2.45) is 5.92 Å². The van der Waals surface area contributed by atoms with Gasteiger partial charge in [0.1, 0.15) is 5.75 Å². The van der Waals surface area contributed by atoms with Crippen LogP contribution >= 0.6 is 12.2 Å². The summed E-state index contributed by atoms with van der Waals surface area (Å²) in [5, 5.41) is 5.97. The molecule has 1 saturated heterocycles. The molecule has 2 aromatic rings. The number of amides is 2. The van der Waals surface area contributed by atoms with Crippen molar-refractivity contribution in [3.8, 4) is 5.75 Å². The van der Waals surface area contributed by atoms with Crippen LogP contribution in [-0.2, 0) is 4.79 Å². The smallest absolute Gasteiger partial charge is 0.257 e. The average molecular weight is 455 g/mol. The summed E-state index contributed by atoms with van der Waals surface area (Å²) in [6, 6.07) is 14.8. The van der Waals surface area contributed by atoms with Crippen molar-refractivity contribution in [3.63, 3.8) is 0 Å². The predicted octanol–water partition coefficient (Wildman–Crippen LogP) is 3.52. The topological polar surface area (TPSA) is 73.9 Å². The number of rotatable bonds is 6. The Kier molecular flexibility index (Phi) is 8.05. The van der Waals surface area contributed by atoms with Crippen molar-refractivity contribution in [2.45, 2.75) is 20.8 Å². The Labute approximate surface area is 194 Å². The highest BCUT2D eigenvalue weighted by Gasteiger charge is 2.22. The molecule has 3 rings (SSSR count). The average Bonchev–Trinajstić information content (AvgIpc) is 2.79. The van der Waals surface area contributed by atoms with E-state index in [4.69, 9.17) is 17.0 Å². The number of thiocarbonyl (C=S) groups is 1. The Bertz CT molecular complexity index is 937. The molecule has 1 aliphatic rings. The molecule has 0 aromatic heterocycles. The molecule has 0 aliphatic carbocycles. The molecule has 1 fully saturated rings. The third-order valence-corrected chi connectivity index (χ3v) is 5.43. The van der Waals surface area contributed by atoms with Gasteiger partial charge in [-0.15, -0.1) is 0 Å². The van der Waals surface area contributed by atoms with E-state index in [1.165, 1.54) is 0 Å². The van der Waals surface area contributed by atoms with Crippen LogP contribution in [0.25, 0.3) is 0 Å². The number of benzene rings is 2. The van der Waals surface area contributed by atoms with Crippen LogP contribution in [0.1, 0.15) is 31.1 Å². The molecule has 7 nitrogen and oxygen atoms in total. The van der Waals surface area contributed by atoms with E-state index in [1.807, 2.05) is 49.9 Å². The van der Waals surface area contributed by atoms with E-state index in [9.17, 15) is 9.59 Å². The van der Waals surface area contributed by atoms with Gasteiger partial charge in [-0.1, -0.05) is 13.8 Å². The van der Waals surface area contributed by atoms with Gasteiger partial charge in [-0.25, -0.2) is 0 Å².